The van der Waals surface area contributed by atoms with E-state index in [9.17, 15) is 8.42 Å². The normalized spacial score (nSPS) is 13.8. The van der Waals surface area contributed by atoms with Crippen molar-refractivity contribution in [1.29, 1.82) is 0 Å². The van der Waals surface area contributed by atoms with Crippen LogP contribution in [0, 0.1) is 12.8 Å². The highest BCUT2D eigenvalue weighted by Gasteiger charge is 2.13. The fraction of sp³-hybridized carbons (Fsp3) is 0.611. The average Bonchev–Trinajstić information content (AvgIpc) is 2.56. The van der Waals surface area contributed by atoms with E-state index in [0.29, 0.717) is 24.5 Å². The summed E-state index contributed by atoms with van der Waals surface area (Å²) in [4.78, 5) is 4.45. The Morgan fingerprint density at radius 1 is 1.08 bits per heavy atom. The minimum Gasteiger partial charge on any atom is -0.355 e. The number of aliphatic imine (C=N–C) groups is 1. The van der Waals surface area contributed by atoms with E-state index in [4.69, 9.17) is 0 Å². The summed E-state index contributed by atoms with van der Waals surface area (Å²) in [6.07, 6.45) is 2.22. The third kappa shape index (κ3) is 8.36. The fourth-order valence-corrected chi connectivity index (χ4v) is 3.28. The van der Waals surface area contributed by atoms with Crippen molar-refractivity contribution in [2.24, 2.45) is 10.9 Å². The van der Waals surface area contributed by atoms with Gasteiger partial charge in [-0.1, -0.05) is 31.5 Å². The zero-order valence-corrected chi connectivity index (χ0v) is 16.8. The van der Waals surface area contributed by atoms with Gasteiger partial charge in [0.05, 0.1) is 4.90 Å². The largest absolute Gasteiger partial charge is 0.355 e. The van der Waals surface area contributed by atoms with Crippen LogP contribution in [0.15, 0.2) is 34.2 Å². The van der Waals surface area contributed by atoms with Crippen molar-refractivity contribution in [2.75, 3.05) is 20.1 Å². The van der Waals surface area contributed by atoms with E-state index in [1.807, 2.05) is 6.92 Å². The first-order chi connectivity index (χ1) is 11.7. The fourth-order valence-electron chi connectivity index (χ4n) is 2.25. The first kappa shape index (κ1) is 21.4. The van der Waals surface area contributed by atoms with Crippen molar-refractivity contribution in [3.05, 3.63) is 29.8 Å². The Bertz CT molecular complexity index is 640. The summed E-state index contributed by atoms with van der Waals surface area (Å²) >= 11 is 0. The first-order valence-electron chi connectivity index (χ1n) is 8.78. The highest BCUT2D eigenvalue weighted by molar-refractivity contribution is 7.89. The molecule has 1 unspecified atom stereocenters. The van der Waals surface area contributed by atoms with E-state index in [2.05, 4.69) is 41.1 Å². The Kier molecular flexibility index (Phi) is 8.92. The van der Waals surface area contributed by atoms with Gasteiger partial charge in [0.25, 0.3) is 0 Å². The molecule has 142 valence electrons. The van der Waals surface area contributed by atoms with Crippen LogP contribution in [0.25, 0.3) is 0 Å². The van der Waals surface area contributed by atoms with E-state index < -0.39 is 10.0 Å². The smallest absolute Gasteiger partial charge is 0.240 e. The van der Waals surface area contributed by atoms with Gasteiger partial charge in [-0.15, -0.1) is 0 Å². The second-order valence-electron chi connectivity index (χ2n) is 6.73. The van der Waals surface area contributed by atoms with E-state index in [1.165, 1.54) is 0 Å². The van der Waals surface area contributed by atoms with Gasteiger partial charge in [0.2, 0.25) is 10.0 Å². The van der Waals surface area contributed by atoms with Crippen LogP contribution in [0.1, 0.15) is 39.2 Å². The van der Waals surface area contributed by atoms with Crippen molar-refractivity contribution in [2.45, 2.75) is 51.5 Å². The number of nitrogens with zero attached hydrogens (tertiary/aromatic N) is 1. The molecule has 0 aliphatic rings. The molecule has 0 radical (unpaired) electrons. The van der Waals surface area contributed by atoms with Gasteiger partial charge in [-0.2, -0.15) is 0 Å². The molecule has 1 aromatic rings. The summed E-state index contributed by atoms with van der Waals surface area (Å²) in [6, 6.07) is 7.12. The Morgan fingerprint density at radius 2 is 1.72 bits per heavy atom. The Morgan fingerprint density at radius 3 is 2.28 bits per heavy atom. The predicted molar refractivity (Wildman–Crippen MR) is 104 cm³/mol. The summed E-state index contributed by atoms with van der Waals surface area (Å²) in [5.74, 6) is 1.36. The molecule has 0 bridgehead atoms. The molecule has 0 aliphatic heterocycles. The van der Waals surface area contributed by atoms with E-state index in [0.717, 1.165) is 18.4 Å². The predicted octanol–water partition coefficient (Wildman–Crippen LogP) is 2.26. The molecule has 25 heavy (non-hydrogen) atoms. The number of sulfonamides is 1. The van der Waals surface area contributed by atoms with Crippen molar-refractivity contribution >= 4 is 16.0 Å². The summed E-state index contributed by atoms with van der Waals surface area (Å²) in [5, 5.41) is 6.45. The van der Waals surface area contributed by atoms with Crippen LogP contribution in [0.2, 0.25) is 0 Å². The van der Waals surface area contributed by atoms with Gasteiger partial charge in [0.15, 0.2) is 5.96 Å². The van der Waals surface area contributed by atoms with Crippen molar-refractivity contribution in [1.82, 2.24) is 15.4 Å². The number of benzene rings is 1. The lowest BCUT2D eigenvalue weighted by Crippen LogP contribution is -2.44. The van der Waals surface area contributed by atoms with Gasteiger partial charge in [-0.05, 0) is 44.7 Å². The maximum Gasteiger partial charge on any atom is 0.240 e. The Labute approximate surface area is 152 Å². The van der Waals surface area contributed by atoms with Crippen LogP contribution in [-0.4, -0.2) is 40.6 Å². The molecule has 0 fully saturated rings. The summed E-state index contributed by atoms with van der Waals surface area (Å²) in [5.41, 5.74) is 1.03. The highest BCUT2D eigenvalue weighted by atomic mass is 32.2. The molecule has 6 nitrogen and oxygen atoms in total. The van der Waals surface area contributed by atoms with E-state index in [-0.39, 0.29) is 11.4 Å². The van der Waals surface area contributed by atoms with Crippen molar-refractivity contribution in [3.8, 4) is 0 Å². The van der Waals surface area contributed by atoms with Gasteiger partial charge in [0.1, 0.15) is 0 Å². The van der Waals surface area contributed by atoms with Crippen molar-refractivity contribution in [3.63, 3.8) is 0 Å². The minimum atomic E-state index is -3.47. The lowest BCUT2D eigenvalue weighted by molar-refractivity contribution is 0.489. The zero-order chi connectivity index (χ0) is 18.9. The second-order valence-corrected chi connectivity index (χ2v) is 8.49. The monoisotopic (exact) mass is 368 g/mol. The number of rotatable bonds is 9. The van der Waals surface area contributed by atoms with Crippen molar-refractivity contribution < 1.29 is 8.42 Å². The van der Waals surface area contributed by atoms with E-state index >= 15 is 0 Å². The molecule has 0 amide bonds. The van der Waals surface area contributed by atoms with Gasteiger partial charge in [-0.3, -0.25) is 4.99 Å². The lowest BCUT2D eigenvalue weighted by Gasteiger charge is -2.18. The molecule has 0 heterocycles. The van der Waals surface area contributed by atoms with E-state index in [1.54, 1.807) is 31.3 Å². The zero-order valence-electron chi connectivity index (χ0n) is 16.0. The number of nitrogens with one attached hydrogen (secondary N) is 3. The van der Waals surface area contributed by atoms with Crippen LogP contribution in [0.5, 0.6) is 0 Å². The number of guanidine groups is 1. The average molecular weight is 369 g/mol. The number of hydrogen-bond donors (Lipinski definition) is 3. The minimum absolute atomic E-state index is 0.280. The van der Waals surface area contributed by atoms with Crippen LogP contribution in [0.4, 0.5) is 0 Å². The molecule has 1 rings (SSSR count). The molecule has 0 saturated carbocycles. The van der Waals surface area contributed by atoms with Crippen LogP contribution >= 0.6 is 0 Å². The molecule has 0 aromatic heterocycles. The summed E-state index contributed by atoms with van der Waals surface area (Å²) < 4.78 is 27.0. The molecule has 7 heteroatoms. The molecule has 0 saturated heterocycles. The standard InChI is InChI=1S/C18H32N4O2S/c1-14(2)6-9-16(4)22-18(19-5)20-12-13-21-25(23,24)17-10-7-15(3)8-11-17/h7-8,10-11,14,16,21H,6,9,12-13H2,1-5H3,(H2,19,20,22). The third-order valence-corrected chi connectivity index (χ3v) is 5.30. The molecule has 3 N–H and O–H groups in total. The lowest BCUT2D eigenvalue weighted by atomic mass is 10.0. The summed E-state index contributed by atoms with van der Waals surface area (Å²) in [7, 11) is -1.76. The number of hydrogen-bond acceptors (Lipinski definition) is 3. The molecular formula is C18H32N4O2S. The Balaban J connectivity index is 2.38. The summed E-state index contributed by atoms with van der Waals surface area (Å²) in [6.45, 7) is 9.21. The van der Waals surface area contributed by atoms with Gasteiger partial charge in [-0.25, -0.2) is 13.1 Å². The molecule has 0 spiro atoms. The maximum absolute atomic E-state index is 12.2. The third-order valence-electron chi connectivity index (χ3n) is 3.82. The van der Waals surface area contributed by atoms with Crippen LogP contribution < -0.4 is 15.4 Å². The second kappa shape index (κ2) is 10.4. The molecule has 1 aromatic carbocycles. The maximum atomic E-state index is 12.2. The molecule has 0 aliphatic carbocycles. The molecule has 1 atom stereocenters. The first-order valence-corrected chi connectivity index (χ1v) is 10.3. The van der Waals surface area contributed by atoms with Gasteiger partial charge >= 0.3 is 0 Å². The van der Waals surface area contributed by atoms with Crippen LogP contribution in [0.3, 0.4) is 0 Å². The van der Waals surface area contributed by atoms with Gasteiger partial charge < -0.3 is 10.6 Å². The van der Waals surface area contributed by atoms with Crippen LogP contribution in [-0.2, 0) is 10.0 Å². The van der Waals surface area contributed by atoms with Gasteiger partial charge in [0, 0.05) is 26.2 Å². The quantitative estimate of drug-likeness (QED) is 0.355. The SMILES string of the molecule is CN=C(NCCNS(=O)(=O)c1ccc(C)cc1)NC(C)CCC(C)C. The molecular weight excluding hydrogens is 336 g/mol. The number of aryl methyl sites for hydroxylation is 1. The Hall–Kier alpha value is -1.60. The topological polar surface area (TPSA) is 82.6 Å². The highest BCUT2D eigenvalue weighted by Crippen LogP contribution is 2.09.